The molecule has 0 saturated carbocycles. The molecule has 0 saturated heterocycles. The van der Waals surface area contributed by atoms with Gasteiger partial charge in [-0.25, -0.2) is 4.79 Å². The highest BCUT2D eigenvalue weighted by Crippen LogP contribution is 2.39. The van der Waals surface area contributed by atoms with Gasteiger partial charge in [0.15, 0.2) is 0 Å². The predicted octanol–water partition coefficient (Wildman–Crippen LogP) is 3.76. The number of hydrogen-bond acceptors (Lipinski definition) is 6. The van der Waals surface area contributed by atoms with Crippen LogP contribution in [0, 0.1) is 0 Å². The molecule has 2 N–H and O–H groups in total. The van der Waals surface area contributed by atoms with Gasteiger partial charge in [0.2, 0.25) is 0 Å². The van der Waals surface area contributed by atoms with Crippen molar-refractivity contribution in [1.29, 1.82) is 0 Å². The van der Waals surface area contributed by atoms with Crippen LogP contribution in [0.25, 0.3) is 0 Å². The highest BCUT2D eigenvalue weighted by molar-refractivity contribution is 6.08. The Morgan fingerprint density at radius 2 is 1.66 bits per heavy atom. The number of dihydropyridines is 1. The molecule has 7 nitrogen and oxygen atoms in total. The second-order valence-corrected chi connectivity index (χ2v) is 7.36. The fourth-order valence-corrected chi connectivity index (χ4v) is 3.74. The van der Waals surface area contributed by atoms with Crippen molar-refractivity contribution in [1.82, 2.24) is 5.32 Å². The minimum Gasteiger partial charge on any atom is -0.497 e. The number of methoxy groups -OCH3 is 2. The molecule has 0 aromatic heterocycles. The van der Waals surface area contributed by atoms with Crippen LogP contribution < -0.4 is 15.4 Å². The first-order valence-electron chi connectivity index (χ1n) is 10.3. The summed E-state index contributed by atoms with van der Waals surface area (Å²) >= 11 is 0. The average molecular weight is 437 g/mol. The lowest BCUT2D eigenvalue weighted by atomic mass is 9.80. The Labute approximate surface area is 188 Å². The van der Waals surface area contributed by atoms with Gasteiger partial charge in [0.1, 0.15) is 12.4 Å². The Balaban J connectivity index is 1.99. The molecule has 3 rings (SSSR count). The minimum atomic E-state index is -0.585. The van der Waals surface area contributed by atoms with Gasteiger partial charge >= 0.3 is 5.97 Å². The van der Waals surface area contributed by atoms with Crippen molar-refractivity contribution in [3.05, 3.63) is 82.7 Å². The van der Waals surface area contributed by atoms with Crippen LogP contribution in [-0.4, -0.2) is 39.3 Å². The molecular weight excluding hydrogens is 408 g/mol. The van der Waals surface area contributed by atoms with Crippen molar-refractivity contribution in [3.63, 3.8) is 0 Å². The number of rotatable bonds is 8. The monoisotopic (exact) mass is 436 g/mol. The number of anilines is 1. The van der Waals surface area contributed by atoms with Crippen LogP contribution >= 0.6 is 0 Å². The van der Waals surface area contributed by atoms with E-state index in [0.717, 1.165) is 5.56 Å². The molecular formula is C25H28N2O5. The second kappa shape index (κ2) is 10.6. The van der Waals surface area contributed by atoms with E-state index in [-0.39, 0.29) is 12.5 Å². The number of carbonyl (C=O) groups excluding carboxylic acids is 2. The lowest BCUT2D eigenvalue weighted by molar-refractivity contribution is -0.140. The topological polar surface area (TPSA) is 85.9 Å². The fourth-order valence-electron chi connectivity index (χ4n) is 3.74. The van der Waals surface area contributed by atoms with Crippen LogP contribution in [0.1, 0.15) is 25.3 Å². The maximum Gasteiger partial charge on any atom is 0.336 e. The number of benzene rings is 2. The third-order valence-electron chi connectivity index (χ3n) is 5.21. The van der Waals surface area contributed by atoms with Gasteiger partial charge < -0.3 is 24.8 Å². The summed E-state index contributed by atoms with van der Waals surface area (Å²) in [5.74, 6) is -0.752. The molecule has 1 aliphatic heterocycles. The van der Waals surface area contributed by atoms with E-state index >= 15 is 0 Å². The van der Waals surface area contributed by atoms with Crippen molar-refractivity contribution < 1.29 is 23.8 Å². The molecule has 0 aliphatic carbocycles. The van der Waals surface area contributed by atoms with Gasteiger partial charge in [0, 0.05) is 35.8 Å². The van der Waals surface area contributed by atoms with E-state index in [4.69, 9.17) is 14.2 Å². The first-order valence-corrected chi connectivity index (χ1v) is 10.3. The predicted molar refractivity (Wildman–Crippen MR) is 122 cm³/mol. The summed E-state index contributed by atoms with van der Waals surface area (Å²) in [6.07, 6.45) is 0. The fraction of sp³-hybridized carbons (Fsp3) is 0.280. The summed E-state index contributed by atoms with van der Waals surface area (Å²) in [4.78, 5) is 26.5. The molecule has 32 heavy (non-hydrogen) atoms. The average Bonchev–Trinajstić information content (AvgIpc) is 2.79. The van der Waals surface area contributed by atoms with Gasteiger partial charge in [-0.3, -0.25) is 4.79 Å². The van der Waals surface area contributed by atoms with E-state index in [1.54, 1.807) is 38.5 Å². The summed E-state index contributed by atoms with van der Waals surface area (Å²) in [5, 5.41) is 6.11. The van der Waals surface area contributed by atoms with Gasteiger partial charge in [-0.2, -0.15) is 0 Å². The Bertz CT molecular complexity index is 1040. The zero-order chi connectivity index (χ0) is 23.1. The molecule has 2 aromatic rings. The molecule has 0 fully saturated rings. The smallest absolute Gasteiger partial charge is 0.336 e. The third kappa shape index (κ3) is 5.18. The maximum atomic E-state index is 13.5. The second-order valence-electron chi connectivity index (χ2n) is 7.36. The SMILES string of the molecule is COCCOC(=O)C1=C(C)NC(C)=C(C(=O)Nc2cccc(OC)c2)C1c1ccccc1. The van der Waals surface area contributed by atoms with Crippen LogP contribution in [0.2, 0.25) is 0 Å². The van der Waals surface area contributed by atoms with Crippen LogP contribution in [0.15, 0.2) is 77.1 Å². The Kier molecular flexibility index (Phi) is 7.68. The van der Waals surface area contributed by atoms with Gasteiger partial charge in [-0.1, -0.05) is 36.4 Å². The molecule has 1 atom stereocenters. The molecule has 1 aliphatic rings. The first-order chi connectivity index (χ1) is 15.5. The van der Waals surface area contributed by atoms with E-state index in [0.29, 0.717) is 40.6 Å². The molecule has 0 radical (unpaired) electrons. The number of ether oxygens (including phenoxy) is 3. The van der Waals surface area contributed by atoms with Crippen molar-refractivity contribution in [2.24, 2.45) is 0 Å². The summed E-state index contributed by atoms with van der Waals surface area (Å²) in [6.45, 7) is 4.05. The number of esters is 1. The van der Waals surface area contributed by atoms with Gasteiger partial charge in [-0.15, -0.1) is 0 Å². The molecule has 2 aromatic carbocycles. The lowest BCUT2D eigenvalue weighted by Gasteiger charge is -2.31. The van der Waals surface area contributed by atoms with Crippen LogP contribution in [0.3, 0.4) is 0 Å². The number of hydrogen-bond donors (Lipinski definition) is 2. The quantitative estimate of drug-likeness (QED) is 0.484. The van der Waals surface area contributed by atoms with E-state index in [9.17, 15) is 9.59 Å². The van der Waals surface area contributed by atoms with Gasteiger partial charge in [0.05, 0.1) is 25.2 Å². The Morgan fingerprint density at radius 1 is 0.938 bits per heavy atom. The summed E-state index contributed by atoms with van der Waals surface area (Å²) in [7, 11) is 3.11. The minimum absolute atomic E-state index is 0.127. The van der Waals surface area contributed by atoms with E-state index < -0.39 is 11.9 Å². The van der Waals surface area contributed by atoms with Crippen molar-refractivity contribution in [2.45, 2.75) is 19.8 Å². The molecule has 7 heteroatoms. The number of carbonyl (C=O) groups is 2. The zero-order valence-corrected chi connectivity index (χ0v) is 18.7. The number of amides is 1. The number of nitrogens with one attached hydrogen (secondary N) is 2. The van der Waals surface area contributed by atoms with Crippen LogP contribution in [-0.2, 0) is 19.1 Å². The van der Waals surface area contributed by atoms with Gasteiger partial charge in [0.25, 0.3) is 5.91 Å². The summed E-state index contributed by atoms with van der Waals surface area (Å²) in [6, 6.07) is 16.6. The largest absolute Gasteiger partial charge is 0.497 e. The molecule has 1 unspecified atom stereocenters. The summed E-state index contributed by atoms with van der Waals surface area (Å²) < 4.78 is 15.7. The number of allylic oxidation sites excluding steroid dienone is 2. The third-order valence-corrected chi connectivity index (χ3v) is 5.21. The van der Waals surface area contributed by atoms with Crippen molar-refractivity contribution >= 4 is 17.6 Å². The maximum absolute atomic E-state index is 13.5. The highest BCUT2D eigenvalue weighted by atomic mass is 16.6. The zero-order valence-electron chi connectivity index (χ0n) is 18.7. The van der Waals surface area contributed by atoms with Crippen LogP contribution in [0.5, 0.6) is 5.75 Å². The molecule has 0 spiro atoms. The standard InChI is InChI=1S/C25H28N2O5/c1-16-21(24(28)27-19-11-8-12-20(15-19)31-4)23(18-9-6-5-7-10-18)22(17(2)26-16)25(29)32-14-13-30-3/h5-12,15,23,26H,13-14H2,1-4H3,(H,27,28). The van der Waals surface area contributed by atoms with Gasteiger partial charge in [-0.05, 0) is 31.5 Å². The van der Waals surface area contributed by atoms with E-state index in [1.165, 1.54) is 0 Å². The molecule has 0 bridgehead atoms. The van der Waals surface area contributed by atoms with E-state index in [2.05, 4.69) is 10.6 Å². The highest BCUT2D eigenvalue weighted by Gasteiger charge is 2.37. The lowest BCUT2D eigenvalue weighted by Crippen LogP contribution is -2.34. The van der Waals surface area contributed by atoms with Crippen LogP contribution in [0.4, 0.5) is 5.69 Å². The first kappa shape index (κ1) is 23.1. The molecule has 1 amide bonds. The molecule has 1 heterocycles. The Morgan fingerprint density at radius 3 is 2.34 bits per heavy atom. The van der Waals surface area contributed by atoms with E-state index in [1.807, 2.05) is 44.2 Å². The van der Waals surface area contributed by atoms with Crippen molar-refractivity contribution in [2.75, 3.05) is 32.8 Å². The normalized spacial score (nSPS) is 15.8. The Hall–Kier alpha value is -3.58. The molecule has 168 valence electrons. The summed E-state index contributed by atoms with van der Waals surface area (Å²) in [5.41, 5.74) is 3.58. The van der Waals surface area contributed by atoms with Crippen molar-refractivity contribution in [3.8, 4) is 5.75 Å².